The number of hydrogen-bond acceptors (Lipinski definition) is 5. The van der Waals surface area contributed by atoms with E-state index in [1.165, 1.54) is 0 Å². The molecule has 2 aromatic rings. The highest BCUT2D eigenvalue weighted by atomic mass is 16.5. The number of carbonyl (C=O) groups excluding carboxylic acids is 2. The first-order valence-corrected chi connectivity index (χ1v) is 10.2. The molecule has 1 heterocycles. The molecule has 2 aromatic carbocycles. The predicted molar refractivity (Wildman–Crippen MR) is 120 cm³/mol. The normalized spacial score (nSPS) is 12.9. The Bertz CT molecular complexity index is 1020. The Morgan fingerprint density at radius 3 is 2.50 bits per heavy atom. The summed E-state index contributed by atoms with van der Waals surface area (Å²) in [6, 6.07) is 13.4. The SMILES string of the molecule is CCOC(=O)C1=Cc2ccc(-c3cccc(C(=O)N(CC)CC)c3)cc2N=C(N)C1. The maximum absolute atomic E-state index is 12.7. The van der Waals surface area contributed by atoms with Crippen LogP contribution in [0.25, 0.3) is 17.2 Å². The number of hydrogen-bond donors (Lipinski definition) is 1. The largest absolute Gasteiger partial charge is 0.463 e. The standard InChI is InChI=1S/C24H27N3O3/c1-4-27(5-2)23(28)19-9-7-8-16(12-19)17-10-11-18-13-20(24(29)30-6-3)15-22(25)26-21(18)14-17/h7-14H,4-6,15H2,1-3H3,(H2,25,26). The Morgan fingerprint density at radius 2 is 1.80 bits per heavy atom. The van der Waals surface area contributed by atoms with Crippen molar-refractivity contribution in [2.45, 2.75) is 27.2 Å². The lowest BCUT2D eigenvalue weighted by molar-refractivity contribution is -0.138. The highest BCUT2D eigenvalue weighted by Gasteiger charge is 2.18. The Balaban J connectivity index is 1.98. The van der Waals surface area contributed by atoms with Gasteiger partial charge < -0.3 is 15.4 Å². The second-order valence-corrected chi connectivity index (χ2v) is 7.00. The molecule has 1 amide bonds. The van der Waals surface area contributed by atoms with Gasteiger partial charge in [0, 0.05) is 36.2 Å². The van der Waals surface area contributed by atoms with Crippen molar-refractivity contribution in [2.75, 3.05) is 19.7 Å². The third-order valence-electron chi connectivity index (χ3n) is 5.03. The van der Waals surface area contributed by atoms with E-state index in [4.69, 9.17) is 10.5 Å². The van der Waals surface area contributed by atoms with Gasteiger partial charge in [-0.25, -0.2) is 9.79 Å². The van der Waals surface area contributed by atoms with Crippen LogP contribution < -0.4 is 5.73 Å². The second kappa shape index (κ2) is 9.39. The van der Waals surface area contributed by atoms with Crippen LogP contribution in [0.1, 0.15) is 43.1 Å². The first-order chi connectivity index (χ1) is 14.5. The summed E-state index contributed by atoms with van der Waals surface area (Å²) in [4.78, 5) is 31.1. The van der Waals surface area contributed by atoms with Gasteiger partial charge >= 0.3 is 5.97 Å². The lowest BCUT2D eigenvalue weighted by Gasteiger charge is -2.19. The number of aliphatic imine (C=N–C) groups is 1. The molecular weight excluding hydrogens is 378 g/mol. The molecule has 6 heteroatoms. The van der Waals surface area contributed by atoms with Gasteiger partial charge in [0.15, 0.2) is 0 Å². The van der Waals surface area contributed by atoms with Crippen molar-refractivity contribution >= 4 is 29.5 Å². The van der Waals surface area contributed by atoms with Crippen molar-refractivity contribution < 1.29 is 14.3 Å². The molecule has 0 aliphatic carbocycles. The number of carbonyl (C=O) groups is 2. The number of benzene rings is 2. The van der Waals surface area contributed by atoms with Gasteiger partial charge in [-0.1, -0.05) is 24.3 Å². The molecule has 2 N–H and O–H groups in total. The molecule has 6 nitrogen and oxygen atoms in total. The summed E-state index contributed by atoms with van der Waals surface area (Å²) in [6.45, 7) is 7.35. The zero-order chi connectivity index (χ0) is 21.7. The summed E-state index contributed by atoms with van der Waals surface area (Å²) in [5, 5.41) is 0. The first-order valence-electron chi connectivity index (χ1n) is 10.2. The molecule has 30 heavy (non-hydrogen) atoms. The number of esters is 1. The van der Waals surface area contributed by atoms with Crippen molar-refractivity contribution in [2.24, 2.45) is 10.7 Å². The average molecular weight is 405 g/mol. The van der Waals surface area contributed by atoms with Crippen molar-refractivity contribution in [3.63, 3.8) is 0 Å². The third-order valence-corrected chi connectivity index (χ3v) is 5.03. The minimum atomic E-state index is -0.379. The van der Waals surface area contributed by atoms with Crippen LogP contribution in [0.15, 0.2) is 53.0 Å². The molecule has 1 aliphatic rings. The first kappa shape index (κ1) is 21.3. The van der Waals surface area contributed by atoms with Crippen LogP contribution in [0.4, 0.5) is 5.69 Å². The molecule has 1 aliphatic heterocycles. The van der Waals surface area contributed by atoms with E-state index in [9.17, 15) is 9.59 Å². The molecule has 0 atom stereocenters. The molecule has 156 valence electrons. The fourth-order valence-electron chi connectivity index (χ4n) is 3.45. The molecule has 3 rings (SSSR count). The fraction of sp³-hybridized carbons (Fsp3) is 0.292. The lowest BCUT2D eigenvalue weighted by Crippen LogP contribution is -2.30. The number of amidine groups is 1. The fourth-order valence-corrected chi connectivity index (χ4v) is 3.45. The lowest BCUT2D eigenvalue weighted by atomic mass is 9.99. The quantitative estimate of drug-likeness (QED) is 0.731. The van der Waals surface area contributed by atoms with Crippen molar-refractivity contribution in [3.8, 4) is 11.1 Å². The predicted octanol–water partition coefficient (Wildman–Crippen LogP) is 4.17. The third kappa shape index (κ3) is 4.59. The van der Waals surface area contributed by atoms with E-state index in [2.05, 4.69) is 4.99 Å². The van der Waals surface area contributed by atoms with Crippen molar-refractivity contribution in [3.05, 3.63) is 59.2 Å². The van der Waals surface area contributed by atoms with E-state index in [1.807, 2.05) is 56.3 Å². The van der Waals surface area contributed by atoms with Crippen LogP contribution in [0.3, 0.4) is 0 Å². The molecule has 0 saturated heterocycles. The number of nitrogens with zero attached hydrogens (tertiary/aromatic N) is 2. The van der Waals surface area contributed by atoms with Crippen LogP contribution in [0.5, 0.6) is 0 Å². The molecule has 0 unspecified atom stereocenters. The van der Waals surface area contributed by atoms with Crippen LogP contribution >= 0.6 is 0 Å². The van der Waals surface area contributed by atoms with Crippen molar-refractivity contribution in [1.29, 1.82) is 0 Å². The van der Waals surface area contributed by atoms with E-state index < -0.39 is 0 Å². The molecule has 0 bridgehead atoms. The Labute approximate surface area is 177 Å². The van der Waals surface area contributed by atoms with Gasteiger partial charge in [0.1, 0.15) is 5.84 Å². The summed E-state index contributed by atoms with van der Waals surface area (Å²) < 4.78 is 5.11. The van der Waals surface area contributed by atoms with Crippen LogP contribution in [-0.4, -0.2) is 42.3 Å². The Hall–Kier alpha value is -3.41. The van der Waals surface area contributed by atoms with Gasteiger partial charge in [-0.2, -0.15) is 0 Å². The van der Waals surface area contributed by atoms with Crippen LogP contribution in [0, 0.1) is 0 Å². The minimum Gasteiger partial charge on any atom is -0.463 e. The van der Waals surface area contributed by atoms with E-state index in [0.29, 0.717) is 42.4 Å². The summed E-state index contributed by atoms with van der Waals surface area (Å²) in [5.41, 5.74) is 10.5. The van der Waals surface area contributed by atoms with Gasteiger partial charge in [0.05, 0.1) is 12.3 Å². The van der Waals surface area contributed by atoms with Crippen LogP contribution in [-0.2, 0) is 9.53 Å². The Morgan fingerprint density at radius 1 is 1.07 bits per heavy atom. The maximum Gasteiger partial charge on any atom is 0.334 e. The average Bonchev–Trinajstić information content (AvgIpc) is 2.92. The molecule has 0 saturated carbocycles. The minimum absolute atomic E-state index is 0.0147. The summed E-state index contributed by atoms with van der Waals surface area (Å²) in [6.07, 6.45) is 2.03. The highest BCUT2D eigenvalue weighted by Crippen LogP contribution is 2.32. The zero-order valence-electron chi connectivity index (χ0n) is 17.6. The van der Waals surface area contributed by atoms with Gasteiger partial charge in [0.2, 0.25) is 0 Å². The number of nitrogens with two attached hydrogens (primary N) is 1. The number of amides is 1. The summed E-state index contributed by atoms with van der Waals surface area (Å²) in [7, 11) is 0. The Kier molecular flexibility index (Phi) is 6.67. The zero-order valence-corrected chi connectivity index (χ0v) is 17.6. The van der Waals surface area contributed by atoms with E-state index in [1.54, 1.807) is 17.9 Å². The summed E-state index contributed by atoms with van der Waals surface area (Å²) in [5.74, 6) is -0.00764. The molecule has 0 aromatic heterocycles. The van der Waals surface area contributed by atoms with E-state index in [-0.39, 0.29) is 18.3 Å². The van der Waals surface area contributed by atoms with Gasteiger partial charge in [-0.15, -0.1) is 0 Å². The number of rotatable bonds is 6. The molecule has 0 fully saturated rings. The van der Waals surface area contributed by atoms with Gasteiger partial charge in [0.25, 0.3) is 5.91 Å². The topological polar surface area (TPSA) is 85.0 Å². The monoisotopic (exact) mass is 405 g/mol. The van der Waals surface area contributed by atoms with Crippen molar-refractivity contribution in [1.82, 2.24) is 4.90 Å². The number of ether oxygens (including phenoxy) is 1. The second-order valence-electron chi connectivity index (χ2n) is 7.00. The maximum atomic E-state index is 12.7. The summed E-state index contributed by atoms with van der Waals surface area (Å²) >= 11 is 0. The number of fused-ring (bicyclic) bond motifs is 1. The van der Waals surface area contributed by atoms with Crippen LogP contribution in [0.2, 0.25) is 0 Å². The molecule has 0 radical (unpaired) electrons. The smallest absolute Gasteiger partial charge is 0.334 e. The molecular formula is C24H27N3O3. The molecule has 0 spiro atoms. The van der Waals surface area contributed by atoms with Gasteiger partial charge in [-0.3, -0.25) is 4.79 Å². The van der Waals surface area contributed by atoms with E-state index in [0.717, 1.165) is 16.7 Å². The highest BCUT2D eigenvalue weighted by molar-refractivity contribution is 6.03. The van der Waals surface area contributed by atoms with E-state index >= 15 is 0 Å². The van der Waals surface area contributed by atoms with Gasteiger partial charge in [-0.05, 0) is 56.2 Å².